The van der Waals surface area contributed by atoms with Crippen LogP contribution in [0.15, 0.2) is 47.2 Å². The number of benzene rings is 1. The molecular weight excluding hydrogens is 334 g/mol. The number of carbonyl (C=O) groups is 1. The molecule has 0 aliphatic carbocycles. The van der Waals surface area contributed by atoms with Gasteiger partial charge in [0.05, 0.1) is 12.6 Å². The second-order valence-corrected chi connectivity index (χ2v) is 6.25. The Labute approximate surface area is 150 Å². The van der Waals surface area contributed by atoms with Gasteiger partial charge >= 0.3 is 0 Å². The average molecular weight is 353 g/mol. The lowest BCUT2D eigenvalue weighted by molar-refractivity contribution is 0.0700. The van der Waals surface area contributed by atoms with E-state index in [2.05, 4.69) is 10.1 Å². The van der Waals surface area contributed by atoms with E-state index in [9.17, 15) is 4.79 Å². The normalized spacial score (nSPS) is 16.7. The minimum atomic E-state index is -0.174. The lowest BCUT2D eigenvalue weighted by Gasteiger charge is -2.21. The first kappa shape index (κ1) is 16.5. The summed E-state index contributed by atoms with van der Waals surface area (Å²) < 4.78 is 16.4. The van der Waals surface area contributed by atoms with Crippen LogP contribution in [0.5, 0.6) is 5.75 Å². The Kier molecular flexibility index (Phi) is 4.53. The van der Waals surface area contributed by atoms with E-state index in [-0.39, 0.29) is 24.2 Å². The van der Waals surface area contributed by atoms with Crippen molar-refractivity contribution in [2.24, 2.45) is 0 Å². The van der Waals surface area contributed by atoms with Gasteiger partial charge < -0.3 is 18.9 Å². The van der Waals surface area contributed by atoms with E-state index >= 15 is 0 Å². The van der Waals surface area contributed by atoms with Crippen LogP contribution in [0.4, 0.5) is 0 Å². The van der Waals surface area contributed by atoms with E-state index in [1.807, 2.05) is 24.3 Å². The van der Waals surface area contributed by atoms with Crippen molar-refractivity contribution in [3.05, 3.63) is 54.2 Å². The van der Waals surface area contributed by atoms with Gasteiger partial charge in [-0.25, -0.2) is 0 Å². The van der Waals surface area contributed by atoms with Crippen molar-refractivity contribution in [3.8, 4) is 5.75 Å². The monoisotopic (exact) mass is 353 g/mol. The molecule has 1 aliphatic rings. The highest BCUT2D eigenvalue weighted by Crippen LogP contribution is 2.25. The third-order valence-electron chi connectivity index (χ3n) is 4.56. The van der Waals surface area contributed by atoms with E-state index < -0.39 is 0 Å². The predicted octanol–water partition coefficient (Wildman–Crippen LogP) is 2.66. The SMILES string of the molecule is CN(C(=O)c1cc(COc2cccc3cnccc23)on1)C1CCOC1. The fourth-order valence-electron chi connectivity index (χ4n) is 3.02. The Hall–Kier alpha value is -2.93. The predicted molar refractivity (Wildman–Crippen MR) is 93.9 cm³/mol. The van der Waals surface area contributed by atoms with Crippen molar-refractivity contribution in [2.45, 2.75) is 19.1 Å². The second-order valence-electron chi connectivity index (χ2n) is 6.25. The van der Waals surface area contributed by atoms with E-state index in [1.54, 1.807) is 30.4 Å². The van der Waals surface area contributed by atoms with Crippen molar-refractivity contribution in [3.63, 3.8) is 0 Å². The molecule has 1 aliphatic heterocycles. The van der Waals surface area contributed by atoms with E-state index in [1.165, 1.54) is 0 Å². The Bertz CT molecular complexity index is 913. The van der Waals surface area contributed by atoms with Crippen LogP contribution in [0.25, 0.3) is 10.8 Å². The van der Waals surface area contributed by atoms with Gasteiger partial charge in [0, 0.05) is 42.9 Å². The molecule has 3 aromatic rings. The van der Waals surface area contributed by atoms with Gasteiger partial charge in [-0.2, -0.15) is 0 Å². The summed E-state index contributed by atoms with van der Waals surface area (Å²) in [6.45, 7) is 1.44. The fourth-order valence-corrected chi connectivity index (χ4v) is 3.02. The molecule has 1 amide bonds. The Morgan fingerprint density at radius 1 is 1.38 bits per heavy atom. The summed E-state index contributed by atoms with van der Waals surface area (Å²) in [6.07, 6.45) is 4.35. The molecule has 3 heterocycles. The van der Waals surface area contributed by atoms with Crippen molar-refractivity contribution < 1.29 is 18.8 Å². The molecule has 7 heteroatoms. The smallest absolute Gasteiger partial charge is 0.276 e. The summed E-state index contributed by atoms with van der Waals surface area (Å²) in [7, 11) is 1.76. The average Bonchev–Trinajstić information content (AvgIpc) is 3.37. The Morgan fingerprint density at radius 2 is 2.31 bits per heavy atom. The van der Waals surface area contributed by atoms with Crippen molar-refractivity contribution in [1.29, 1.82) is 0 Å². The molecule has 1 saturated heterocycles. The number of carbonyl (C=O) groups excluding carboxylic acids is 1. The zero-order valence-electron chi connectivity index (χ0n) is 14.4. The van der Waals surface area contributed by atoms with Gasteiger partial charge in [-0.3, -0.25) is 9.78 Å². The van der Waals surface area contributed by atoms with Crippen molar-refractivity contribution >= 4 is 16.7 Å². The summed E-state index contributed by atoms with van der Waals surface area (Å²) in [4.78, 5) is 18.3. The summed E-state index contributed by atoms with van der Waals surface area (Å²) >= 11 is 0. The van der Waals surface area contributed by atoms with Crippen LogP contribution in [0.1, 0.15) is 22.7 Å². The topological polar surface area (TPSA) is 77.7 Å². The molecule has 1 atom stereocenters. The highest BCUT2D eigenvalue weighted by molar-refractivity contribution is 5.92. The standard InChI is InChI=1S/C19H19N3O4/c1-22(14-6-8-24-11-14)19(23)17-9-15(26-21-17)12-25-18-4-2-3-13-10-20-7-5-16(13)18/h2-5,7,9-10,14H,6,8,11-12H2,1H3. The molecule has 0 saturated carbocycles. The molecule has 7 nitrogen and oxygen atoms in total. The van der Waals surface area contributed by atoms with Gasteiger partial charge in [0.25, 0.3) is 5.91 Å². The van der Waals surface area contributed by atoms with Crippen LogP contribution in [0.3, 0.4) is 0 Å². The fraction of sp³-hybridized carbons (Fsp3) is 0.316. The van der Waals surface area contributed by atoms with Crippen LogP contribution >= 0.6 is 0 Å². The lowest BCUT2D eigenvalue weighted by Crippen LogP contribution is -2.37. The molecule has 0 N–H and O–H groups in total. The van der Waals surface area contributed by atoms with Gasteiger partial charge in [0.1, 0.15) is 12.4 Å². The third kappa shape index (κ3) is 3.25. The maximum absolute atomic E-state index is 12.5. The molecule has 4 rings (SSSR count). The minimum absolute atomic E-state index is 0.0863. The summed E-state index contributed by atoms with van der Waals surface area (Å²) in [5, 5.41) is 5.86. The van der Waals surface area contributed by atoms with Crippen LogP contribution in [-0.4, -0.2) is 47.3 Å². The highest BCUT2D eigenvalue weighted by atomic mass is 16.5. The largest absolute Gasteiger partial charge is 0.485 e. The first-order chi connectivity index (χ1) is 12.7. The summed E-state index contributed by atoms with van der Waals surface area (Å²) in [5.74, 6) is 1.05. The number of ether oxygens (including phenoxy) is 2. The molecule has 0 bridgehead atoms. The third-order valence-corrected chi connectivity index (χ3v) is 4.56. The quantitative estimate of drug-likeness (QED) is 0.702. The van der Waals surface area contributed by atoms with Gasteiger partial charge in [-0.05, 0) is 18.6 Å². The number of fused-ring (bicyclic) bond motifs is 1. The Morgan fingerprint density at radius 3 is 3.15 bits per heavy atom. The molecule has 1 fully saturated rings. The molecule has 1 aromatic carbocycles. The molecule has 2 aromatic heterocycles. The maximum Gasteiger partial charge on any atom is 0.276 e. The number of amides is 1. The molecule has 1 unspecified atom stereocenters. The lowest BCUT2D eigenvalue weighted by atomic mass is 10.1. The zero-order chi connectivity index (χ0) is 17.9. The van der Waals surface area contributed by atoms with Crippen molar-refractivity contribution in [1.82, 2.24) is 15.0 Å². The molecule has 134 valence electrons. The zero-order valence-corrected chi connectivity index (χ0v) is 14.4. The van der Waals surface area contributed by atoms with Crippen LogP contribution in [0.2, 0.25) is 0 Å². The number of pyridine rings is 1. The summed E-state index contributed by atoms with van der Waals surface area (Å²) in [6, 6.07) is 9.39. The molecule has 26 heavy (non-hydrogen) atoms. The first-order valence-electron chi connectivity index (χ1n) is 8.48. The minimum Gasteiger partial charge on any atom is -0.485 e. The number of rotatable bonds is 5. The Balaban J connectivity index is 1.44. The number of nitrogens with zero attached hydrogens (tertiary/aromatic N) is 3. The van der Waals surface area contributed by atoms with Gasteiger partial charge in [-0.15, -0.1) is 0 Å². The number of likely N-dealkylation sites (N-methyl/N-ethyl adjacent to an activating group) is 1. The highest BCUT2D eigenvalue weighted by Gasteiger charge is 2.26. The second kappa shape index (κ2) is 7.13. The maximum atomic E-state index is 12.5. The van der Waals surface area contributed by atoms with E-state index in [4.69, 9.17) is 14.0 Å². The van der Waals surface area contributed by atoms with Gasteiger partial charge in [0.15, 0.2) is 11.5 Å². The number of hydrogen-bond donors (Lipinski definition) is 0. The van der Waals surface area contributed by atoms with Gasteiger partial charge in [0.2, 0.25) is 0 Å². The number of hydrogen-bond acceptors (Lipinski definition) is 6. The summed E-state index contributed by atoms with van der Waals surface area (Å²) in [5.41, 5.74) is 0.278. The van der Waals surface area contributed by atoms with E-state index in [0.29, 0.717) is 19.0 Å². The van der Waals surface area contributed by atoms with Crippen LogP contribution in [-0.2, 0) is 11.3 Å². The van der Waals surface area contributed by atoms with Crippen LogP contribution < -0.4 is 4.74 Å². The first-order valence-corrected chi connectivity index (χ1v) is 8.48. The van der Waals surface area contributed by atoms with Crippen LogP contribution in [0, 0.1) is 0 Å². The van der Waals surface area contributed by atoms with E-state index in [0.717, 1.165) is 22.9 Å². The molecule has 0 radical (unpaired) electrons. The van der Waals surface area contributed by atoms with Crippen molar-refractivity contribution in [2.75, 3.05) is 20.3 Å². The molecular formula is C19H19N3O4. The number of aromatic nitrogens is 2. The molecule has 0 spiro atoms. The van der Waals surface area contributed by atoms with Gasteiger partial charge in [-0.1, -0.05) is 17.3 Å².